The maximum Gasteiger partial charge on any atom is 0.407 e. The number of carbonyl (C=O) groups is 1. The SMILES string of the molecule is O=C(NC(CO)C1CCOCC1)OCC1c2ccccc2-c2ccccc21. The Balaban J connectivity index is 1.41. The Morgan fingerprint density at radius 1 is 1.07 bits per heavy atom. The summed E-state index contributed by atoms with van der Waals surface area (Å²) in [6.07, 6.45) is 1.21. The van der Waals surface area contributed by atoms with Gasteiger partial charge < -0.3 is 19.9 Å². The number of fused-ring (bicyclic) bond motifs is 3. The molecule has 4 rings (SSSR count). The van der Waals surface area contributed by atoms with E-state index in [1.165, 1.54) is 22.3 Å². The average molecular weight is 367 g/mol. The molecule has 1 saturated heterocycles. The van der Waals surface area contributed by atoms with E-state index in [1.54, 1.807) is 0 Å². The van der Waals surface area contributed by atoms with Crippen molar-refractivity contribution >= 4 is 6.09 Å². The van der Waals surface area contributed by atoms with Crippen LogP contribution < -0.4 is 5.32 Å². The standard InChI is InChI=1S/C22H25NO4/c24-13-21(15-9-11-26-12-10-15)23-22(25)27-14-20-18-7-3-1-5-16(18)17-6-2-4-8-19(17)20/h1-8,15,20-21,24H,9-14H2,(H,23,25). The van der Waals surface area contributed by atoms with Gasteiger partial charge in [-0.1, -0.05) is 48.5 Å². The van der Waals surface area contributed by atoms with E-state index in [4.69, 9.17) is 9.47 Å². The fourth-order valence-corrected chi connectivity index (χ4v) is 4.22. The zero-order valence-corrected chi connectivity index (χ0v) is 15.3. The third-order valence-electron chi connectivity index (χ3n) is 5.68. The molecule has 1 fully saturated rings. The van der Waals surface area contributed by atoms with Crippen LogP contribution in [0, 0.1) is 5.92 Å². The number of alkyl carbamates (subject to hydrolysis) is 1. The van der Waals surface area contributed by atoms with Crippen LogP contribution in [0.25, 0.3) is 11.1 Å². The summed E-state index contributed by atoms with van der Waals surface area (Å²) in [6.45, 7) is 1.54. The second-order valence-corrected chi connectivity index (χ2v) is 7.21. The Morgan fingerprint density at radius 2 is 1.67 bits per heavy atom. The molecule has 0 aromatic heterocycles. The van der Waals surface area contributed by atoms with Crippen LogP contribution in [-0.4, -0.2) is 43.7 Å². The third kappa shape index (κ3) is 3.70. The number of benzene rings is 2. The molecule has 1 aliphatic heterocycles. The van der Waals surface area contributed by atoms with Crippen LogP contribution in [0.4, 0.5) is 4.79 Å². The van der Waals surface area contributed by atoms with E-state index in [-0.39, 0.29) is 31.1 Å². The molecule has 142 valence electrons. The predicted molar refractivity (Wildman–Crippen MR) is 103 cm³/mol. The summed E-state index contributed by atoms with van der Waals surface area (Å²) in [4.78, 5) is 12.4. The minimum Gasteiger partial charge on any atom is -0.449 e. The maximum absolute atomic E-state index is 12.4. The summed E-state index contributed by atoms with van der Waals surface area (Å²) in [5, 5.41) is 12.5. The lowest BCUT2D eigenvalue weighted by atomic mass is 9.92. The molecule has 0 spiro atoms. The molecule has 1 aliphatic carbocycles. The fourth-order valence-electron chi connectivity index (χ4n) is 4.22. The van der Waals surface area contributed by atoms with Gasteiger partial charge in [-0.3, -0.25) is 0 Å². The van der Waals surface area contributed by atoms with E-state index in [2.05, 4.69) is 29.6 Å². The number of amides is 1. The number of hydrogen-bond donors (Lipinski definition) is 2. The molecule has 1 unspecified atom stereocenters. The van der Waals surface area contributed by atoms with E-state index in [0.717, 1.165) is 12.8 Å². The molecule has 0 saturated carbocycles. The van der Waals surface area contributed by atoms with Gasteiger partial charge in [0, 0.05) is 19.1 Å². The van der Waals surface area contributed by atoms with Gasteiger partial charge in [-0.25, -0.2) is 4.79 Å². The Hall–Kier alpha value is -2.37. The molecule has 2 aromatic rings. The lowest BCUT2D eigenvalue weighted by Crippen LogP contribution is -2.45. The first kappa shape index (κ1) is 18.0. The Bertz CT molecular complexity index is 755. The van der Waals surface area contributed by atoms with Crippen LogP contribution in [-0.2, 0) is 9.47 Å². The largest absolute Gasteiger partial charge is 0.449 e. The van der Waals surface area contributed by atoms with Gasteiger partial charge in [-0.15, -0.1) is 0 Å². The summed E-state index contributed by atoms with van der Waals surface area (Å²) < 4.78 is 10.9. The molecular weight excluding hydrogens is 342 g/mol. The topological polar surface area (TPSA) is 67.8 Å². The molecule has 27 heavy (non-hydrogen) atoms. The highest BCUT2D eigenvalue weighted by atomic mass is 16.5. The molecule has 1 amide bonds. The first-order chi connectivity index (χ1) is 13.3. The molecule has 1 atom stereocenters. The van der Waals surface area contributed by atoms with Gasteiger partial charge in [-0.2, -0.15) is 0 Å². The number of rotatable bonds is 5. The molecular formula is C22H25NO4. The number of aliphatic hydroxyl groups is 1. The predicted octanol–water partition coefficient (Wildman–Crippen LogP) is 3.31. The number of hydrogen-bond acceptors (Lipinski definition) is 4. The van der Waals surface area contributed by atoms with Crippen molar-refractivity contribution in [1.82, 2.24) is 5.32 Å². The monoisotopic (exact) mass is 367 g/mol. The summed E-state index contributed by atoms with van der Waals surface area (Å²) in [6, 6.07) is 16.2. The first-order valence-electron chi connectivity index (χ1n) is 9.58. The molecule has 0 bridgehead atoms. The molecule has 5 heteroatoms. The highest BCUT2D eigenvalue weighted by Gasteiger charge is 2.30. The Morgan fingerprint density at radius 3 is 2.26 bits per heavy atom. The van der Waals surface area contributed by atoms with Crippen molar-refractivity contribution in [3.63, 3.8) is 0 Å². The normalized spacial score (nSPS) is 17.8. The van der Waals surface area contributed by atoms with Gasteiger partial charge in [0.05, 0.1) is 12.6 Å². The minimum absolute atomic E-state index is 0.0406. The number of nitrogens with one attached hydrogen (secondary N) is 1. The van der Waals surface area contributed by atoms with Crippen molar-refractivity contribution in [3.8, 4) is 11.1 Å². The quantitative estimate of drug-likeness (QED) is 0.851. The lowest BCUT2D eigenvalue weighted by molar-refractivity contribution is 0.0418. The van der Waals surface area contributed by atoms with E-state index in [1.807, 2.05) is 24.3 Å². The minimum atomic E-state index is -0.470. The molecule has 1 heterocycles. The first-order valence-corrected chi connectivity index (χ1v) is 9.58. The van der Waals surface area contributed by atoms with Gasteiger partial charge in [0.1, 0.15) is 6.61 Å². The van der Waals surface area contributed by atoms with Gasteiger partial charge in [0.15, 0.2) is 0 Å². The molecule has 5 nitrogen and oxygen atoms in total. The van der Waals surface area contributed by atoms with E-state index < -0.39 is 6.09 Å². The van der Waals surface area contributed by atoms with Crippen molar-refractivity contribution in [1.29, 1.82) is 0 Å². The van der Waals surface area contributed by atoms with Crippen LogP contribution in [0.5, 0.6) is 0 Å². The zero-order valence-electron chi connectivity index (χ0n) is 15.3. The molecule has 2 aliphatic rings. The van der Waals surface area contributed by atoms with Crippen LogP contribution in [0.2, 0.25) is 0 Å². The number of aliphatic hydroxyl groups excluding tert-OH is 1. The van der Waals surface area contributed by atoms with E-state index >= 15 is 0 Å². The molecule has 0 radical (unpaired) electrons. The van der Waals surface area contributed by atoms with Crippen LogP contribution >= 0.6 is 0 Å². The van der Waals surface area contributed by atoms with Gasteiger partial charge in [0.25, 0.3) is 0 Å². The van der Waals surface area contributed by atoms with Gasteiger partial charge >= 0.3 is 6.09 Å². The average Bonchev–Trinajstić information content (AvgIpc) is 3.05. The van der Waals surface area contributed by atoms with Crippen LogP contribution in [0.15, 0.2) is 48.5 Å². The van der Waals surface area contributed by atoms with Crippen molar-refractivity contribution < 1.29 is 19.4 Å². The van der Waals surface area contributed by atoms with Crippen molar-refractivity contribution in [2.75, 3.05) is 26.4 Å². The summed E-state index contributed by atoms with van der Waals surface area (Å²) in [7, 11) is 0. The summed E-state index contributed by atoms with van der Waals surface area (Å²) in [5.74, 6) is 0.267. The fraction of sp³-hybridized carbons (Fsp3) is 0.409. The van der Waals surface area contributed by atoms with Gasteiger partial charge in [-0.05, 0) is 41.0 Å². The van der Waals surface area contributed by atoms with Crippen molar-refractivity contribution in [2.24, 2.45) is 5.92 Å². The van der Waals surface area contributed by atoms with E-state index in [9.17, 15) is 9.90 Å². The number of carbonyl (C=O) groups excluding carboxylic acids is 1. The molecule has 2 N–H and O–H groups in total. The van der Waals surface area contributed by atoms with E-state index in [0.29, 0.717) is 13.2 Å². The van der Waals surface area contributed by atoms with Crippen molar-refractivity contribution in [3.05, 3.63) is 59.7 Å². The second kappa shape index (κ2) is 8.11. The Labute approximate surface area is 159 Å². The maximum atomic E-state index is 12.4. The second-order valence-electron chi connectivity index (χ2n) is 7.21. The van der Waals surface area contributed by atoms with Gasteiger partial charge in [0.2, 0.25) is 0 Å². The molecule has 2 aromatic carbocycles. The van der Waals surface area contributed by atoms with Crippen molar-refractivity contribution in [2.45, 2.75) is 24.8 Å². The summed E-state index contributed by atoms with van der Waals surface area (Å²) >= 11 is 0. The zero-order chi connectivity index (χ0) is 18.6. The lowest BCUT2D eigenvalue weighted by Gasteiger charge is -2.29. The third-order valence-corrected chi connectivity index (χ3v) is 5.68. The van der Waals surface area contributed by atoms with Crippen LogP contribution in [0.1, 0.15) is 29.9 Å². The number of ether oxygens (including phenoxy) is 2. The smallest absolute Gasteiger partial charge is 0.407 e. The highest BCUT2D eigenvalue weighted by molar-refractivity contribution is 5.79. The Kier molecular flexibility index (Phi) is 5.41. The van der Waals surface area contributed by atoms with Crippen LogP contribution in [0.3, 0.4) is 0 Å². The summed E-state index contributed by atoms with van der Waals surface area (Å²) in [5.41, 5.74) is 4.79. The highest BCUT2D eigenvalue weighted by Crippen LogP contribution is 2.44.